The molecule has 140 valence electrons. The molecule has 7 heteroatoms. The maximum absolute atomic E-state index is 12.2. The number of thioether (sulfide) groups is 1. The van der Waals surface area contributed by atoms with Crippen molar-refractivity contribution in [3.8, 4) is 5.75 Å². The summed E-state index contributed by atoms with van der Waals surface area (Å²) < 4.78 is 7.55. The highest BCUT2D eigenvalue weighted by Crippen LogP contribution is 2.18. The average Bonchev–Trinajstić information content (AvgIpc) is 3.06. The summed E-state index contributed by atoms with van der Waals surface area (Å²) in [6.07, 6.45) is 0. The lowest BCUT2D eigenvalue weighted by atomic mass is 10.1. The van der Waals surface area contributed by atoms with E-state index in [-0.39, 0.29) is 17.7 Å². The minimum atomic E-state index is -0.0403. The van der Waals surface area contributed by atoms with Gasteiger partial charge in [-0.05, 0) is 24.6 Å². The van der Waals surface area contributed by atoms with Crippen LogP contribution in [-0.4, -0.2) is 26.4 Å². The molecular formula is C20H22N4O2S. The Kier molecular flexibility index (Phi) is 6.49. The zero-order chi connectivity index (χ0) is 19.1. The second-order valence-electron chi connectivity index (χ2n) is 6.05. The maximum atomic E-state index is 12.2. The minimum absolute atomic E-state index is 0.0337. The number of aromatic nitrogens is 3. The third-order valence-electron chi connectivity index (χ3n) is 4.05. The topological polar surface area (TPSA) is 69.0 Å². The molecule has 0 spiro atoms. The molecule has 1 N–H and O–H groups in total. The first kappa shape index (κ1) is 19.0. The van der Waals surface area contributed by atoms with Gasteiger partial charge in [0.15, 0.2) is 11.0 Å². The number of nitrogens with zero attached hydrogens (tertiary/aromatic N) is 3. The zero-order valence-corrected chi connectivity index (χ0v) is 16.1. The fraction of sp³-hybridized carbons (Fsp3) is 0.250. The SMILES string of the molecule is C[C@@H](NC(=O)CSc1nnc(COc2ccccc2)n1C)c1ccccc1. The minimum Gasteiger partial charge on any atom is -0.486 e. The van der Waals surface area contributed by atoms with Crippen LogP contribution in [0.2, 0.25) is 0 Å². The number of para-hydroxylation sites is 1. The number of amides is 1. The lowest BCUT2D eigenvalue weighted by Crippen LogP contribution is -2.28. The lowest BCUT2D eigenvalue weighted by Gasteiger charge is -2.14. The predicted molar refractivity (Wildman–Crippen MR) is 106 cm³/mol. The standard InChI is InChI=1S/C20H22N4O2S/c1-15(16-9-5-3-6-10-16)21-19(25)14-27-20-23-22-18(24(20)2)13-26-17-11-7-4-8-12-17/h3-12,15H,13-14H2,1-2H3,(H,21,25)/t15-/m1/s1. The Bertz CT molecular complexity index is 868. The van der Waals surface area contributed by atoms with Gasteiger partial charge in [-0.15, -0.1) is 10.2 Å². The van der Waals surface area contributed by atoms with Crippen LogP contribution in [0.5, 0.6) is 5.75 Å². The number of hydrogen-bond acceptors (Lipinski definition) is 5. The number of carbonyl (C=O) groups excluding carboxylic acids is 1. The number of ether oxygens (including phenoxy) is 1. The Morgan fingerprint density at radius 2 is 1.78 bits per heavy atom. The van der Waals surface area contributed by atoms with Crippen LogP contribution in [-0.2, 0) is 18.4 Å². The molecule has 0 unspecified atom stereocenters. The molecule has 6 nitrogen and oxygen atoms in total. The molecule has 3 rings (SSSR count). The van der Waals surface area contributed by atoms with Gasteiger partial charge in [-0.2, -0.15) is 0 Å². The van der Waals surface area contributed by atoms with Gasteiger partial charge in [-0.25, -0.2) is 0 Å². The number of rotatable bonds is 8. The highest BCUT2D eigenvalue weighted by Gasteiger charge is 2.14. The summed E-state index contributed by atoms with van der Waals surface area (Å²) in [5, 5.41) is 12.0. The van der Waals surface area contributed by atoms with Crippen LogP contribution in [0.25, 0.3) is 0 Å². The average molecular weight is 382 g/mol. The molecule has 2 aromatic carbocycles. The highest BCUT2D eigenvalue weighted by molar-refractivity contribution is 7.99. The van der Waals surface area contributed by atoms with Gasteiger partial charge in [0.05, 0.1) is 11.8 Å². The van der Waals surface area contributed by atoms with Crippen molar-refractivity contribution >= 4 is 17.7 Å². The van der Waals surface area contributed by atoms with Crippen molar-refractivity contribution in [2.75, 3.05) is 5.75 Å². The van der Waals surface area contributed by atoms with Gasteiger partial charge < -0.3 is 14.6 Å². The van der Waals surface area contributed by atoms with Crippen LogP contribution in [0.3, 0.4) is 0 Å². The van der Waals surface area contributed by atoms with E-state index < -0.39 is 0 Å². The van der Waals surface area contributed by atoms with E-state index in [1.807, 2.05) is 79.2 Å². The van der Waals surface area contributed by atoms with E-state index in [4.69, 9.17) is 4.74 Å². The molecule has 0 aliphatic rings. The molecule has 1 heterocycles. The summed E-state index contributed by atoms with van der Waals surface area (Å²) in [6, 6.07) is 19.4. The second kappa shape index (κ2) is 9.23. The summed E-state index contributed by atoms with van der Waals surface area (Å²) in [5.41, 5.74) is 1.08. The largest absolute Gasteiger partial charge is 0.486 e. The van der Waals surface area contributed by atoms with E-state index in [1.54, 1.807) is 0 Å². The Hall–Kier alpha value is -2.80. The van der Waals surface area contributed by atoms with E-state index in [1.165, 1.54) is 11.8 Å². The van der Waals surface area contributed by atoms with E-state index in [0.717, 1.165) is 11.3 Å². The van der Waals surface area contributed by atoms with Crippen LogP contribution >= 0.6 is 11.8 Å². The molecule has 0 bridgehead atoms. The molecule has 1 atom stereocenters. The monoisotopic (exact) mass is 382 g/mol. The Morgan fingerprint density at radius 1 is 1.11 bits per heavy atom. The van der Waals surface area contributed by atoms with Crippen molar-refractivity contribution in [3.63, 3.8) is 0 Å². The molecule has 3 aromatic rings. The molecule has 0 aliphatic carbocycles. The highest BCUT2D eigenvalue weighted by atomic mass is 32.2. The van der Waals surface area contributed by atoms with Crippen LogP contribution < -0.4 is 10.1 Å². The van der Waals surface area contributed by atoms with Crippen LogP contribution in [0, 0.1) is 0 Å². The fourth-order valence-corrected chi connectivity index (χ4v) is 3.24. The third-order valence-corrected chi connectivity index (χ3v) is 5.07. The molecule has 0 radical (unpaired) electrons. The number of benzene rings is 2. The molecule has 0 fully saturated rings. The molecule has 27 heavy (non-hydrogen) atoms. The molecule has 0 saturated heterocycles. The molecule has 0 aliphatic heterocycles. The van der Waals surface area contributed by atoms with E-state index in [2.05, 4.69) is 15.5 Å². The van der Waals surface area contributed by atoms with Gasteiger partial charge in [0.2, 0.25) is 5.91 Å². The van der Waals surface area contributed by atoms with E-state index >= 15 is 0 Å². The predicted octanol–water partition coefficient (Wildman–Crippen LogP) is 3.36. The first-order chi connectivity index (χ1) is 13.1. The first-order valence-electron chi connectivity index (χ1n) is 8.66. The Morgan fingerprint density at radius 3 is 2.48 bits per heavy atom. The van der Waals surface area contributed by atoms with E-state index in [0.29, 0.717) is 17.6 Å². The van der Waals surface area contributed by atoms with Crippen molar-refractivity contribution < 1.29 is 9.53 Å². The summed E-state index contributed by atoms with van der Waals surface area (Å²) >= 11 is 1.36. The maximum Gasteiger partial charge on any atom is 0.230 e. The quantitative estimate of drug-likeness (QED) is 0.605. The van der Waals surface area contributed by atoms with Crippen LogP contribution in [0.15, 0.2) is 65.8 Å². The zero-order valence-electron chi connectivity index (χ0n) is 15.3. The Labute approximate surface area is 163 Å². The first-order valence-corrected chi connectivity index (χ1v) is 9.65. The number of hydrogen-bond donors (Lipinski definition) is 1. The van der Waals surface area contributed by atoms with Gasteiger partial charge in [0.1, 0.15) is 12.4 Å². The molecule has 1 aromatic heterocycles. The summed E-state index contributed by atoms with van der Waals surface area (Å²) in [5.74, 6) is 1.73. The van der Waals surface area contributed by atoms with Gasteiger partial charge in [-0.3, -0.25) is 4.79 Å². The van der Waals surface area contributed by atoms with Crippen LogP contribution in [0.4, 0.5) is 0 Å². The lowest BCUT2D eigenvalue weighted by molar-refractivity contribution is -0.119. The van der Waals surface area contributed by atoms with Gasteiger partial charge in [0.25, 0.3) is 0 Å². The Balaban J connectivity index is 1.49. The van der Waals surface area contributed by atoms with Crippen molar-refractivity contribution in [2.45, 2.75) is 24.7 Å². The third kappa shape index (κ3) is 5.34. The van der Waals surface area contributed by atoms with Gasteiger partial charge in [-0.1, -0.05) is 60.3 Å². The van der Waals surface area contributed by atoms with Gasteiger partial charge in [0, 0.05) is 7.05 Å². The normalized spacial score (nSPS) is 11.8. The van der Waals surface area contributed by atoms with Gasteiger partial charge >= 0.3 is 0 Å². The molecule has 1 amide bonds. The van der Waals surface area contributed by atoms with Crippen LogP contribution in [0.1, 0.15) is 24.4 Å². The van der Waals surface area contributed by atoms with Crippen molar-refractivity contribution in [1.82, 2.24) is 20.1 Å². The second-order valence-corrected chi connectivity index (χ2v) is 6.99. The van der Waals surface area contributed by atoms with Crippen molar-refractivity contribution in [3.05, 3.63) is 72.1 Å². The van der Waals surface area contributed by atoms with Crippen molar-refractivity contribution in [1.29, 1.82) is 0 Å². The smallest absolute Gasteiger partial charge is 0.230 e. The molecule has 0 saturated carbocycles. The fourth-order valence-electron chi connectivity index (χ4n) is 2.50. The summed E-state index contributed by atoms with van der Waals surface area (Å²) in [6.45, 7) is 2.30. The number of carbonyl (C=O) groups is 1. The molecular weight excluding hydrogens is 360 g/mol. The van der Waals surface area contributed by atoms with Crippen molar-refractivity contribution in [2.24, 2.45) is 7.05 Å². The summed E-state index contributed by atoms with van der Waals surface area (Å²) in [4.78, 5) is 12.2. The summed E-state index contributed by atoms with van der Waals surface area (Å²) in [7, 11) is 1.87. The number of nitrogens with one attached hydrogen (secondary N) is 1. The van der Waals surface area contributed by atoms with E-state index in [9.17, 15) is 4.79 Å².